The highest BCUT2D eigenvalue weighted by Crippen LogP contribution is 2.32. The predicted molar refractivity (Wildman–Crippen MR) is 168 cm³/mol. The molecule has 8 heteroatoms. The smallest absolute Gasteiger partial charge is 0.335 e. The highest BCUT2D eigenvalue weighted by molar-refractivity contribution is 5.87. The van der Waals surface area contributed by atoms with Crippen molar-refractivity contribution in [3.8, 4) is 11.4 Å². The summed E-state index contributed by atoms with van der Waals surface area (Å²) in [6.07, 6.45) is 7.32. The van der Waals surface area contributed by atoms with Crippen molar-refractivity contribution in [3.05, 3.63) is 123 Å². The van der Waals surface area contributed by atoms with E-state index in [0.29, 0.717) is 17.7 Å². The quantitative estimate of drug-likeness (QED) is 0.201. The first kappa shape index (κ1) is 28.2. The van der Waals surface area contributed by atoms with E-state index in [4.69, 9.17) is 19.9 Å². The topological polar surface area (TPSA) is 98.7 Å². The van der Waals surface area contributed by atoms with E-state index >= 15 is 0 Å². The SMILES string of the molecule is Cc1cc(C=Nn2c(C3CCCCC3)nc3ccccc3c2=O)c(C)n1-c1ccc(OCc2ccc(C(=O)O)cc2)cc1. The van der Waals surface area contributed by atoms with Crippen LogP contribution in [0.4, 0.5) is 0 Å². The van der Waals surface area contributed by atoms with E-state index in [1.165, 1.54) is 11.1 Å². The Morgan fingerprint density at radius 3 is 2.44 bits per heavy atom. The van der Waals surface area contributed by atoms with Crippen LogP contribution in [0.1, 0.15) is 76.7 Å². The number of para-hydroxylation sites is 1. The molecule has 43 heavy (non-hydrogen) atoms. The minimum atomic E-state index is -0.947. The van der Waals surface area contributed by atoms with Gasteiger partial charge in [-0.1, -0.05) is 43.5 Å². The van der Waals surface area contributed by atoms with Gasteiger partial charge in [0.1, 0.15) is 18.2 Å². The molecule has 1 aliphatic rings. The molecule has 1 fully saturated rings. The zero-order chi connectivity index (χ0) is 29.9. The number of ether oxygens (including phenoxy) is 1. The number of aryl methyl sites for hydroxylation is 1. The summed E-state index contributed by atoms with van der Waals surface area (Å²) in [5, 5.41) is 14.4. The molecule has 2 heterocycles. The first-order valence-electron chi connectivity index (χ1n) is 14.7. The van der Waals surface area contributed by atoms with E-state index in [1.807, 2.05) is 62.4 Å². The van der Waals surface area contributed by atoms with Crippen molar-refractivity contribution in [2.75, 3.05) is 0 Å². The van der Waals surface area contributed by atoms with Crippen LogP contribution in [0.15, 0.2) is 88.8 Å². The number of hydrogen-bond donors (Lipinski definition) is 1. The number of nitrogens with zero attached hydrogens (tertiary/aromatic N) is 4. The highest BCUT2D eigenvalue weighted by atomic mass is 16.5. The molecule has 0 bridgehead atoms. The second kappa shape index (κ2) is 12.1. The van der Waals surface area contributed by atoms with Crippen molar-refractivity contribution >= 4 is 23.1 Å². The molecule has 8 nitrogen and oxygen atoms in total. The second-order valence-corrected chi connectivity index (χ2v) is 11.1. The van der Waals surface area contributed by atoms with Gasteiger partial charge in [0.05, 0.1) is 22.7 Å². The Bertz CT molecular complexity index is 1860. The molecular weight excluding hydrogens is 540 g/mol. The summed E-state index contributed by atoms with van der Waals surface area (Å²) in [5.41, 5.74) is 5.70. The number of carbonyl (C=O) groups is 1. The summed E-state index contributed by atoms with van der Waals surface area (Å²) in [6.45, 7) is 4.43. The second-order valence-electron chi connectivity index (χ2n) is 11.1. The molecule has 0 amide bonds. The van der Waals surface area contributed by atoms with Crippen LogP contribution < -0.4 is 10.3 Å². The lowest BCUT2D eigenvalue weighted by Gasteiger charge is -2.22. The van der Waals surface area contributed by atoms with Gasteiger partial charge in [-0.25, -0.2) is 9.78 Å². The van der Waals surface area contributed by atoms with Crippen LogP contribution in [-0.2, 0) is 6.61 Å². The Morgan fingerprint density at radius 1 is 1.00 bits per heavy atom. The Labute approximate surface area is 249 Å². The summed E-state index contributed by atoms with van der Waals surface area (Å²) in [7, 11) is 0. The maximum Gasteiger partial charge on any atom is 0.335 e. The summed E-state index contributed by atoms with van der Waals surface area (Å²) in [6, 6.07) is 24.1. The van der Waals surface area contributed by atoms with Crippen molar-refractivity contribution in [1.82, 2.24) is 14.2 Å². The number of aromatic nitrogens is 3. The van der Waals surface area contributed by atoms with Gasteiger partial charge in [-0.2, -0.15) is 9.78 Å². The monoisotopic (exact) mass is 574 g/mol. The van der Waals surface area contributed by atoms with E-state index < -0.39 is 5.97 Å². The van der Waals surface area contributed by atoms with Gasteiger partial charge in [0.25, 0.3) is 5.56 Å². The average Bonchev–Trinajstić information content (AvgIpc) is 3.32. The molecule has 218 valence electrons. The molecule has 1 aliphatic carbocycles. The molecule has 0 atom stereocenters. The fourth-order valence-corrected chi connectivity index (χ4v) is 5.91. The molecule has 0 unspecified atom stereocenters. The van der Waals surface area contributed by atoms with Gasteiger partial charge in [-0.3, -0.25) is 4.79 Å². The zero-order valence-electron chi connectivity index (χ0n) is 24.4. The fraction of sp³-hybridized carbons (Fsp3) is 0.257. The molecule has 1 saturated carbocycles. The highest BCUT2D eigenvalue weighted by Gasteiger charge is 2.22. The van der Waals surface area contributed by atoms with Crippen molar-refractivity contribution < 1.29 is 14.6 Å². The van der Waals surface area contributed by atoms with E-state index in [1.54, 1.807) is 30.5 Å². The lowest BCUT2D eigenvalue weighted by molar-refractivity contribution is 0.0697. The molecule has 3 aromatic carbocycles. The van der Waals surface area contributed by atoms with Crippen LogP contribution in [0.25, 0.3) is 16.6 Å². The normalized spacial score (nSPS) is 14.0. The van der Waals surface area contributed by atoms with E-state index in [0.717, 1.165) is 65.2 Å². The molecule has 6 rings (SSSR count). The lowest BCUT2D eigenvalue weighted by Crippen LogP contribution is -2.25. The minimum Gasteiger partial charge on any atom is -0.489 e. The molecule has 1 N–H and O–H groups in total. The van der Waals surface area contributed by atoms with Gasteiger partial charge in [-0.05, 0) is 86.8 Å². The first-order valence-corrected chi connectivity index (χ1v) is 14.7. The zero-order valence-corrected chi connectivity index (χ0v) is 24.4. The van der Waals surface area contributed by atoms with Crippen molar-refractivity contribution in [2.45, 2.75) is 58.5 Å². The first-order chi connectivity index (χ1) is 20.9. The van der Waals surface area contributed by atoms with Gasteiger partial charge in [-0.15, -0.1) is 0 Å². The number of fused-ring (bicyclic) bond motifs is 1. The van der Waals surface area contributed by atoms with E-state index in [2.05, 4.69) is 10.6 Å². The lowest BCUT2D eigenvalue weighted by atomic mass is 9.88. The van der Waals surface area contributed by atoms with E-state index in [-0.39, 0.29) is 17.0 Å². The number of carboxylic acids is 1. The maximum atomic E-state index is 13.6. The molecule has 0 saturated heterocycles. The van der Waals surface area contributed by atoms with Crippen LogP contribution in [0, 0.1) is 13.8 Å². The Morgan fingerprint density at radius 2 is 1.72 bits per heavy atom. The minimum absolute atomic E-state index is 0.135. The molecule has 0 radical (unpaired) electrons. The van der Waals surface area contributed by atoms with Gasteiger partial charge in [0.2, 0.25) is 0 Å². The summed E-state index contributed by atoms with van der Waals surface area (Å²) < 4.78 is 9.59. The molecule has 2 aromatic heterocycles. The largest absolute Gasteiger partial charge is 0.489 e. The molecular formula is C35H34N4O4. The molecule has 0 spiro atoms. The van der Waals surface area contributed by atoms with Gasteiger partial charge in [0, 0.05) is 28.6 Å². The van der Waals surface area contributed by atoms with Crippen molar-refractivity contribution in [1.29, 1.82) is 0 Å². The van der Waals surface area contributed by atoms with Crippen LogP contribution in [0.2, 0.25) is 0 Å². The number of hydrogen-bond acceptors (Lipinski definition) is 5. The van der Waals surface area contributed by atoms with Gasteiger partial charge < -0.3 is 14.4 Å². The third-order valence-corrected chi connectivity index (χ3v) is 8.23. The Kier molecular flexibility index (Phi) is 7.92. The third-order valence-electron chi connectivity index (χ3n) is 8.23. The molecule has 0 aliphatic heterocycles. The number of aromatic carboxylic acids is 1. The number of carboxylic acid groups (broad SMARTS) is 1. The summed E-state index contributed by atoms with van der Waals surface area (Å²) in [5.74, 6) is 0.743. The Hall–Kier alpha value is -4.98. The summed E-state index contributed by atoms with van der Waals surface area (Å²) >= 11 is 0. The van der Waals surface area contributed by atoms with Crippen LogP contribution in [-0.4, -0.2) is 31.5 Å². The number of rotatable bonds is 8. The van der Waals surface area contributed by atoms with Gasteiger partial charge in [0.15, 0.2) is 0 Å². The van der Waals surface area contributed by atoms with Crippen LogP contribution >= 0.6 is 0 Å². The van der Waals surface area contributed by atoms with Gasteiger partial charge >= 0.3 is 5.97 Å². The maximum absolute atomic E-state index is 13.6. The summed E-state index contributed by atoms with van der Waals surface area (Å²) in [4.78, 5) is 29.6. The van der Waals surface area contributed by atoms with Crippen molar-refractivity contribution in [2.24, 2.45) is 5.10 Å². The molecule has 5 aromatic rings. The fourth-order valence-electron chi connectivity index (χ4n) is 5.91. The standard InChI is InChI=1S/C35H34N4O4/c1-23-20-28(21-36-39-33(26-8-4-3-5-9-26)37-32-11-7-6-10-31(32)34(39)40)24(2)38(23)29-16-18-30(19-17-29)43-22-25-12-14-27(15-13-25)35(41)42/h6-7,10-21,26H,3-5,8-9,22H2,1-2H3,(H,41,42). The van der Waals surface area contributed by atoms with Crippen LogP contribution in [0.5, 0.6) is 5.75 Å². The third kappa shape index (κ3) is 5.86. The van der Waals surface area contributed by atoms with Crippen molar-refractivity contribution in [3.63, 3.8) is 0 Å². The van der Waals surface area contributed by atoms with Crippen LogP contribution in [0.3, 0.4) is 0 Å². The van der Waals surface area contributed by atoms with E-state index in [9.17, 15) is 9.59 Å². The average molecular weight is 575 g/mol. The number of benzene rings is 3. The Balaban J connectivity index is 1.24. The predicted octanol–water partition coefficient (Wildman–Crippen LogP) is 7.01.